The van der Waals surface area contributed by atoms with Gasteiger partial charge in [-0.25, -0.2) is 4.79 Å². The Bertz CT molecular complexity index is 383. The minimum atomic E-state index is -0.873. The first-order chi connectivity index (χ1) is 8.18. The fourth-order valence-electron chi connectivity index (χ4n) is 2.19. The third-order valence-corrected chi connectivity index (χ3v) is 3.36. The number of carbonyl (C=O) groups is 1. The highest BCUT2D eigenvalue weighted by atomic mass is 16.4. The van der Waals surface area contributed by atoms with E-state index in [4.69, 9.17) is 5.11 Å². The summed E-state index contributed by atoms with van der Waals surface area (Å²) < 4.78 is 0. The van der Waals surface area contributed by atoms with E-state index in [1.807, 2.05) is 12.1 Å². The molecule has 1 aromatic carbocycles. The lowest BCUT2D eigenvalue weighted by atomic mass is 9.92. The van der Waals surface area contributed by atoms with Gasteiger partial charge in [-0.1, -0.05) is 19.1 Å². The van der Waals surface area contributed by atoms with E-state index in [1.165, 1.54) is 5.56 Å². The van der Waals surface area contributed by atoms with Crippen molar-refractivity contribution in [3.05, 3.63) is 35.4 Å². The molecular formula is C13H18N2O2. The maximum absolute atomic E-state index is 10.8. The van der Waals surface area contributed by atoms with Crippen molar-refractivity contribution in [1.29, 1.82) is 0 Å². The van der Waals surface area contributed by atoms with E-state index in [-0.39, 0.29) is 0 Å². The smallest absolute Gasteiger partial charge is 0.335 e. The topological polar surface area (TPSA) is 61.4 Å². The van der Waals surface area contributed by atoms with Crippen LogP contribution in [0.3, 0.4) is 0 Å². The highest BCUT2D eigenvalue weighted by molar-refractivity contribution is 5.87. The molecule has 0 bridgehead atoms. The first-order valence-corrected chi connectivity index (χ1v) is 5.96. The molecule has 0 spiro atoms. The molecule has 0 radical (unpaired) electrons. The largest absolute Gasteiger partial charge is 0.478 e. The fraction of sp³-hybridized carbons (Fsp3) is 0.462. The molecule has 1 heterocycles. The summed E-state index contributed by atoms with van der Waals surface area (Å²) >= 11 is 0. The number of aromatic carboxylic acids is 1. The summed E-state index contributed by atoms with van der Waals surface area (Å²) in [4.78, 5) is 10.8. The van der Waals surface area contributed by atoms with E-state index >= 15 is 0 Å². The number of carboxylic acid groups (broad SMARTS) is 1. The SMILES string of the molecule is C[C@H](c1ccc(C(=O)O)cc1)C1CNCCN1. The zero-order chi connectivity index (χ0) is 12.3. The van der Waals surface area contributed by atoms with E-state index in [0.717, 1.165) is 19.6 Å². The molecule has 1 unspecified atom stereocenters. The number of rotatable bonds is 3. The molecule has 17 heavy (non-hydrogen) atoms. The summed E-state index contributed by atoms with van der Waals surface area (Å²) in [7, 11) is 0. The monoisotopic (exact) mass is 234 g/mol. The Morgan fingerprint density at radius 1 is 1.35 bits per heavy atom. The fourth-order valence-corrected chi connectivity index (χ4v) is 2.19. The molecule has 4 heteroatoms. The second kappa shape index (κ2) is 5.29. The number of hydrogen-bond donors (Lipinski definition) is 3. The summed E-state index contributed by atoms with van der Waals surface area (Å²) in [5, 5.41) is 15.7. The maximum atomic E-state index is 10.8. The van der Waals surface area contributed by atoms with Gasteiger partial charge in [-0.15, -0.1) is 0 Å². The van der Waals surface area contributed by atoms with Crippen molar-refractivity contribution in [3.63, 3.8) is 0 Å². The molecule has 0 aliphatic carbocycles. The van der Waals surface area contributed by atoms with Crippen molar-refractivity contribution < 1.29 is 9.90 Å². The number of hydrogen-bond acceptors (Lipinski definition) is 3. The Morgan fingerprint density at radius 3 is 2.59 bits per heavy atom. The molecule has 1 aromatic rings. The molecule has 3 N–H and O–H groups in total. The van der Waals surface area contributed by atoms with Gasteiger partial charge in [-0.2, -0.15) is 0 Å². The zero-order valence-electron chi connectivity index (χ0n) is 9.94. The number of benzene rings is 1. The standard InChI is InChI=1S/C13H18N2O2/c1-9(12-8-14-6-7-15-12)10-2-4-11(5-3-10)13(16)17/h2-5,9,12,14-15H,6-8H2,1H3,(H,16,17)/t9-,12?/m1/s1. The highest BCUT2D eigenvalue weighted by Crippen LogP contribution is 2.20. The first-order valence-electron chi connectivity index (χ1n) is 5.96. The average Bonchev–Trinajstić information content (AvgIpc) is 2.39. The maximum Gasteiger partial charge on any atom is 0.335 e. The molecule has 2 rings (SSSR count). The molecule has 2 atom stereocenters. The van der Waals surface area contributed by atoms with Crippen LogP contribution in [0.2, 0.25) is 0 Å². The van der Waals surface area contributed by atoms with Crippen molar-refractivity contribution >= 4 is 5.97 Å². The van der Waals surface area contributed by atoms with Crippen molar-refractivity contribution in [2.24, 2.45) is 0 Å². The molecule has 1 aliphatic rings. The second-order valence-corrected chi connectivity index (χ2v) is 4.48. The first kappa shape index (κ1) is 12.1. The molecular weight excluding hydrogens is 216 g/mol. The van der Waals surface area contributed by atoms with Gasteiger partial charge in [-0.3, -0.25) is 0 Å². The predicted octanol–water partition coefficient (Wildman–Crippen LogP) is 1.05. The average molecular weight is 234 g/mol. The molecule has 1 saturated heterocycles. The third-order valence-electron chi connectivity index (χ3n) is 3.36. The van der Waals surface area contributed by atoms with Crippen molar-refractivity contribution in [3.8, 4) is 0 Å². The van der Waals surface area contributed by atoms with Crippen molar-refractivity contribution in [2.75, 3.05) is 19.6 Å². The number of nitrogens with one attached hydrogen (secondary N) is 2. The lowest BCUT2D eigenvalue weighted by Gasteiger charge is -2.30. The molecule has 0 amide bonds. The molecule has 1 aliphatic heterocycles. The second-order valence-electron chi connectivity index (χ2n) is 4.48. The van der Waals surface area contributed by atoms with Gasteiger partial charge in [0.1, 0.15) is 0 Å². The Labute approximate surface area is 101 Å². The highest BCUT2D eigenvalue weighted by Gasteiger charge is 2.20. The van der Waals surface area contributed by atoms with E-state index in [2.05, 4.69) is 17.6 Å². The van der Waals surface area contributed by atoms with Gasteiger partial charge in [0.05, 0.1) is 5.56 Å². The van der Waals surface area contributed by atoms with Gasteiger partial charge in [0.15, 0.2) is 0 Å². The molecule has 92 valence electrons. The Hall–Kier alpha value is -1.39. The van der Waals surface area contributed by atoms with Gasteiger partial charge in [-0.05, 0) is 23.6 Å². The lowest BCUT2D eigenvalue weighted by Crippen LogP contribution is -2.50. The normalized spacial score (nSPS) is 22.1. The van der Waals surface area contributed by atoms with Crippen LogP contribution in [0, 0.1) is 0 Å². The predicted molar refractivity (Wildman–Crippen MR) is 66.5 cm³/mol. The van der Waals surface area contributed by atoms with Crippen molar-refractivity contribution in [2.45, 2.75) is 18.9 Å². The van der Waals surface area contributed by atoms with E-state index in [0.29, 0.717) is 17.5 Å². The van der Waals surface area contributed by atoms with Crippen LogP contribution < -0.4 is 10.6 Å². The molecule has 0 saturated carbocycles. The zero-order valence-corrected chi connectivity index (χ0v) is 9.94. The lowest BCUT2D eigenvalue weighted by molar-refractivity contribution is 0.0697. The van der Waals surface area contributed by atoms with E-state index < -0.39 is 5.97 Å². The van der Waals surface area contributed by atoms with E-state index in [9.17, 15) is 4.79 Å². The summed E-state index contributed by atoms with van der Waals surface area (Å²) in [5.74, 6) is -0.493. The van der Waals surface area contributed by atoms with Gasteiger partial charge < -0.3 is 15.7 Å². The van der Waals surface area contributed by atoms with Crippen LogP contribution in [0.1, 0.15) is 28.8 Å². The van der Waals surface area contributed by atoms with Crippen LogP contribution in [0.5, 0.6) is 0 Å². The van der Waals surface area contributed by atoms with Crippen LogP contribution in [-0.2, 0) is 0 Å². The van der Waals surface area contributed by atoms with Crippen LogP contribution >= 0.6 is 0 Å². The molecule has 4 nitrogen and oxygen atoms in total. The quantitative estimate of drug-likeness (QED) is 0.731. The third kappa shape index (κ3) is 2.84. The van der Waals surface area contributed by atoms with Gasteiger partial charge in [0.2, 0.25) is 0 Å². The number of carboxylic acids is 1. The van der Waals surface area contributed by atoms with Gasteiger partial charge in [0.25, 0.3) is 0 Å². The van der Waals surface area contributed by atoms with Crippen LogP contribution in [0.4, 0.5) is 0 Å². The van der Waals surface area contributed by atoms with Crippen LogP contribution in [0.15, 0.2) is 24.3 Å². The Kier molecular flexibility index (Phi) is 3.76. The molecule has 1 fully saturated rings. The van der Waals surface area contributed by atoms with Gasteiger partial charge >= 0.3 is 5.97 Å². The molecule has 0 aromatic heterocycles. The summed E-state index contributed by atoms with van der Waals surface area (Å²) in [6.45, 7) is 5.13. The number of piperazine rings is 1. The summed E-state index contributed by atoms with van der Waals surface area (Å²) in [6.07, 6.45) is 0. The van der Waals surface area contributed by atoms with Crippen LogP contribution in [-0.4, -0.2) is 36.8 Å². The Balaban J connectivity index is 2.07. The van der Waals surface area contributed by atoms with Gasteiger partial charge in [0, 0.05) is 25.7 Å². The summed E-state index contributed by atoms with van der Waals surface area (Å²) in [5.41, 5.74) is 1.52. The summed E-state index contributed by atoms with van der Waals surface area (Å²) in [6, 6.07) is 7.57. The van der Waals surface area contributed by atoms with E-state index in [1.54, 1.807) is 12.1 Å². The van der Waals surface area contributed by atoms with Crippen molar-refractivity contribution in [1.82, 2.24) is 10.6 Å². The van der Waals surface area contributed by atoms with Crippen LogP contribution in [0.25, 0.3) is 0 Å². The Morgan fingerprint density at radius 2 is 2.06 bits per heavy atom. The minimum Gasteiger partial charge on any atom is -0.478 e. The minimum absolute atomic E-state index is 0.343.